The molecule has 0 heterocycles. The molecular formula is C15H11N3O3. The molecular weight excluding hydrogens is 270 g/mol. The summed E-state index contributed by atoms with van der Waals surface area (Å²) in [7, 11) is 0. The molecule has 1 N–H and O–H groups in total. The quantitative estimate of drug-likeness (QED) is 0.690. The standard InChI is InChI=1S/C15H11N3O3/c1-10-5-12(8-14(6-10)18(20)21)15(19)17-13-4-2-3-11(7-13)9-16/h2-8H,1H3,(H,17,19). The van der Waals surface area contributed by atoms with Crippen LogP contribution >= 0.6 is 0 Å². The van der Waals surface area contributed by atoms with E-state index in [4.69, 9.17) is 5.26 Å². The molecule has 0 aliphatic heterocycles. The number of benzene rings is 2. The second kappa shape index (κ2) is 5.84. The zero-order chi connectivity index (χ0) is 15.4. The van der Waals surface area contributed by atoms with Crippen LogP contribution in [0, 0.1) is 28.4 Å². The van der Waals surface area contributed by atoms with Crippen LogP contribution in [0.25, 0.3) is 0 Å². The van der Waals surface area contributed by atoms with Gasteiger partial charge in [0.15, 0.2) is 0 Å². The van der Waals surface area contributed by atoms with E-state index in [1.807, 2.05) is 6.07 Å². The Morgan fingerprint density at radius 3 is 2.71 bits per heavy atom. The molecule has 0 radical (unpaired) electrons. The first-order valence-corrected chi connectivity index (χ1v) is 6.07. The Morgan fingerprint density at radius 1 is 1.29 bits per heavy atom. The lowest BCUT2D eigenvalue weighted by Gasteiger charge is -2.06. The van der Waals surface area contributed by atoms with Crippen LogP contribution < -0.4 is 5.32 Å². The average Bonchev–Trinajstić information content (AvgIpc) is 2.46. The lowest BCUT2D eigenvalue weighted by Crippen LogP contribution is -2.12. The molecule has 0 spiro atoms. The minimum absolute atomic E-state index is 0.133. The predicted molar refractivity (Wildman–Crippen MR) is 76.9 cm³/mol. The van der Waals surface area contributed by atoms with E-state index in [0.29, 0.717) is 16.8 Å². The van der Waals surface area contributed by atoms with E-state index in [1.165, 1.54) is 18.2 Å². The maximum Gasteiger partial charge on any atom is 0.270 e. The number of nitrogens with zero attached hydrogens (tertiary/aromatic N) is 2. The van der Waals surface area contributed by atoms with E-state index in [0.717, 1.165) is 0 Å². The molecule has 0 saturated heterocycles. The fourth-order valence-electron chi connectivity index (χ4n) is 1.87. The van der Waals surface area contributed by atoms with Crippen LogP contribution in [0.15, 0.2) is 42.5 Å². The van der Waals surface area contributed by atoms with E-state index in [-0.39, 0.29) is 11.3 Å². The largest absolute Gasteiger partial charge is 0.322 e. The van der Waals surface area contributed by atoms with Gasteiger partial charge in [-0.05, 0) is 36.8 Å². The number of carbonyl (C=O) groups is 1. The summed E-state index contributed by atoms with van der Waals surface area (Å²) < 4.78 is 0. The van der Waals surface area contributed by atoms with Crippen LogP contribution in [-0.4, -0.2) is 10.8 Å². The Labute approximate surface area is 120 Å². The highest BCUT2D eigenvalue weighted by Crippen LogP contribution is 2.18. The van der Waals surface area contributed by atoms with E-state index < -0.39 is 10.8 Å². The van der Waals surface area contributed by atoms with Gasteiger partial charge >= 0.3 is 0 Å². The van der Waals surface area contributed by atoms with Crippen molar-refractivity contribution in [3.63, 3.8) is 0 Å². The van der Waals surface area contributed by atoms with Crippen LogP contribution in [0.2, 0.25) is 0 Å². The van der Waals surface area contributed by atoms with E-state index in [9.17, 15) is 14.9 Å². The zero-order valence-electron chi connectivity index (χ0n) is 11.2. The first-order valence-electron chi connectivity index (χ1n) is 6.07. The van der Waals surface area contributed by atoms with Gasteiger partial charge < -0.3 is 5.32 Å². The van der Waals surface area contributed by atoms with Gasteiger partial charge in [-0.2, -0.15) is 5.26 Å². The molecule has 6 heteroatoms. The van der Waals surface area contributed by atoms with Crippen molar-refractivity contribution in [3.05, 3.63) is 69.3 Å². The number of aryl methyl sites for hydroxylation is 1. The van der Waals surface area contributed by atoms with Gasteiger partial charge in [0.1, 0.15) is 0 Å². The molecule has 0 aliphatic rings. The number of hydrogen-bond donors (Lipinski definition) is 1. The summed E-state index contributed by atoms with van der Waals surface area (Å²) in [5.74, 6) is -0.461. The second-order valence-corrected chi connectivity index (χ2v) is 4.46. The minimum Gasteiger partial charge on any atom is -0.322 e. The third-order valence-electron chi connectivity index (χ3n) is 2.78. The van der Waals surface area contributed by atoms with Gasteiger partial charge in [-0.1, -0.05) is 6.07 Å². The maximum atomic E-state index is 12.1. The lowest BCUT2D eigenvalue weighted by atomic mass is 10.1. The zero-order valence-corrected chi connectivity index (χ0v) is 11.2. The van der Waals surface area contributed by atoms with E-state index >= 15 is 0 Å². The third-order valence-corrected chi connectivity index (χ3v) is 2.78. The van der Waals surface area contributed by atoms with Crippen molar-refractivity contribution in [1.29, 1.82) is 5.26 Å². The predicted octanol–water partition coefficient (Wildman–Crippen LogP) is 3.03. The van der Waals surface area contributed by atoms with Crippen molar-refractivity contribution in [1.82, 2.24) is 0 Å². The third kappa shape index (κ3) is 3.42. The van der Waals surface area contributed by atoms with Gasteiger partial charge in [0.2, 0.25) is 0 Å². The van der Waals surface area contributed by atoms with Gasteiger partial charge in [0.05, 0.1) is 16.6 Å². The number of carbonyl (C=O) groups excluding carboxylic acids is 1. The normalized spacial score (nSPS) is 9.71. The molecule has 104 valence electrons. The molecule has 0 aromatic heterocycles. The Bertz CT molecular complexity index is 763. The summed E-state index contributed by atoms with van der Waals surface area (Å²) in [6, 6.07) is 12.6. The highest BCUT2D eigenvalue weighted by Gasteiger charge is 2.13. The fourth-order valence-corrected chi connectivity index (χ4v) is 1.87. The van der Waals surface area contributed by atoms with Gasteiger partial charge in [0.25, 0.3) is 11.6 Å². The van der Waals surface area contributed by atoms with Gasteiger partial charge in [-0.3, -0.25) is 14.9 Å². The molecule has 0 fully saturated rings. The maximum absolute atomic E-state index is 12.1. The number of nitro benzene ring substituents is 1. The molecule has 2 aromatic carbocycles. The Morgan fingerprint density at radius 2 is 2.05 bits per heavy atom. The SMILES string of the molecule is Cc1cc(C(=O)Nc2cccc(C#N)c2)cc([N+](=O)[O-])c1. The summed E-state index contributed by atoms with van der Waals surface area (Å²) in [5.41, 5.74) is 1.57. The van der Waals surface area contributed by atoms with Gasteiger partial charge in [0, 0.05) is 23.4 Å². The van der Waals surface area contributed by atoms with Crippen molar-refractivity contribution in [2.45, 2.75) is 6.92 Å². The molecule has 0 bridgehead atoms. The van der Waals surface area contributed by atoms with Gasteiger partial charge in [-0.15, -0.1) is 0 Å². The van der Waals surface area contributed by atoms with E-state index in [1.54, 1.807) is 31.2 Å². The Balaban J connectivity index is 2.28. The highest BCUT2D eigenvalue weighted by molar-refractivity contribution is 6.04. The number of hydrogen-bond acceptors (Lipinski definition) is 4. The molecule has 2 rings (SSSR count). The van der Waals surface area contributed by atoms with Crippen molar-refractivity contribution in [2.24, 2.45) is 0 Å². The van der Waals surface area contributed by atoms with E-state index in [2.05, 4.69) is 5.32 Å². The highest BCUT2D eigenvalue weighted by atomic mass is 16.6. The van der Waals surface area contributed by atoms with Crippen molar-refractivity contribution < 1.29 is 9.72 Å². The fraction of sp³-hybridized carbons (Fsp3) is 0.0667. The first kappa shape index (κ1) is 14.2. The summed E-state index contributed by atoms with van der Waals surface area (Å²) >= 11 is 0. The Hall–Kier alpha value is -3.20. The number of nitriles is 1. The summed E-state index contributed by atoms with van der Waals surface area (Å²) in [6.07, 6.45) is 0. The number of amides is 1. The lowest BCUT2D eigenvalue weighted by molar-refractivity contribution is -0.384. The van der Waals surface area contributed by atoms with Crippen LogP contribution in [0.3, 0.4) is 0 Å². The van der Waals surface area contributed by atoms with Crippen molar-refractivity contribution in [2.75, 3.05) is 5.32 Å². The van der Waals surface area contributed by atoms with Crippen LogP contribution in [-0.2, 0) is 0 Å². The monoisotopic (exact) mass is 281 g/mol. The first-order chi connectivity index (χ1) is 9.99. The Kier molecular flexibility index (Phi) is 3.95. The summed E-state index contributed by atoms with van der Waals surface area (Å²) in [4.78, 5) is 22.4. The summed E-state index contributed by atoms with van der Waals surface area (Å²) in [6.45, 7) is 1.68. The molecule has 0 aliphatic carbocycles. The summed E-state index contributed by atoms with van der Waals surface area (Å²) in [5, 5.41) is 22.2. The molecule has 6 nitrogen and oxygen atoms in total. The number of anilines is 1. The molecule has 0 saturated carbocycles. The topological polar surface area (TPSA) is 96.0 Å². The molecule has 1 amide bonds. The average molecular weight is 281 g/mol. The van der Waals surface area contributed by atoms with Gasteiger partial charge in [-0.25, -0.2) is 0 Å². The van der Waals surface area contributed by atoms with Crippen LogP contribution in [0.1, 0.15) is 21.5 Å². The minimum atomic E-state index is -0.542. The molecule has 2 aromatic rings. The smallest absolute Gasteiger partial charge is 0.270 e. The van der Waals surface area contributed by atoms with Crippen LogP contribution in [0.4, 0.5) is 11.4 Å². The molecule has 21 heavy (non-hydrogen) atoms. The molecule has 0 unspecified atom stereocenters. The second-order valence-electron chi connectivity index (χ2n) is 4.46. The van der Waals surface area contributed by atoms with Crippen molar-refractivity contribution >= 4 is 17.3 Å². The number of non-ortho nitro benzene ring substituents is 1. The molecule has 0 atom stereocenters. The number of rotatable bonds is 3. The van der Waals surface area contributed by atoms with Crippen LogP contribution in [0.5, 0.6) is 0 Å². The van der Waals surface area contributed by atoms with Crippen molar-refractivity contribution in [3.8, 4) is 6.07 Å². The number of nitrogens with one attached hydrogen (secondary N) is 1. The number of nitro groups is 1.